The Morgan fingerprint density at radius 2 is 1.88 bits per heavy atom. The zero-order valence-corrected chi connectivity index (χ0v) is 22.3. The van der Waals surface area contributed by atoms with E-state index in [1.54, 1.807) is 31.7 Å². The molecule has 1 amide bonds. The molecule has 0 aliphatic carbocycles. The Kier molecular flexibility index (Phi) is 9.58. The summed E-state index contributed by atoms with van der Waals surface area (Å²) in [5.74, 6) is 0.889. The van der Waals surface area contributed by atoms with Gasteiger partial charge in [-0.3, -0.25) is 10.3 Å². The molecule has 0 saturated heterocycles. The number of anilines is 1. The molecule has 0 spiro atoms. The molecule has 2 rings (SSSR count). The smallest absolute Gasteiger partial charge is 0.411 e. The number of carbonyl (C=O) groups is 1. The molecule has 0 fully saturated rings. The SMILES string of the molecule is CC/C=C(\C[C@H](C)C1CSC(c2ccc(NC(=O)OC(C)C)cc2)=N1)S(=O)(=O)NC(C)(C)C. The number of allylic oxidation sites excluding steroid dienone is 2. The van der Waals surface area contributed by atoms with E-state index in [4.69, 9.17) is 9.73 Å². The van der Waals surface area contributed by atoms with Crippen LogP contribution < -0.4 is 10.0 Å². The summed E-state index contributed by atoms with van der Waals surface area (Å²) in [6, 6.07) is 7.52. The van der Waals surface area contributed by atoms with Gasteiger partial charge in [-0.05, 0) is 65.5 Å². The second-order valence-electron chi connectivity index (χ2n) is 9.58. The van der Waals surface area contributed by atoms with E-state index < -0.39 is 21.7 Å². The molecule has 1 aromatic carbocycles. The molecule has 9 heteroatoms. The summed E-state index contributed by atoms with van der Waals surface area (Å²) < 4.78 is 33.6. The Bertz CT molecular complexity index is 978. The molecular formula is C24H37N3O4S2. The van der Waals surface area contributed by atoms with Crippen LogP contribution >= 0.6 is 11.8 Å². The summed E-state index contributed by atoms with van der Waals surface area (Å²) in [7, 11) is -3.54. The van der Waals surface area contributed by atoms with Crippen molar-refractivity contribution in [2.75, 3.05) is 11.1 Å². The van der Waals surface area contributed by atoms with Crippen LogP contribution in [0, 0.1) is 5.92 Å². The van der Waals surface area contributed by atoms with Gasteiger partial charge in [-0.25, -0.2) is 17.9 Å². The zero-order valence-electron chi connectivity index (χ0n) is 20.6. The van der Waals surface area contributed by atoms with Crippen molar-refractivity contribution in [1.29, 1.82) is 0 Å². The first-order valence-electron chi connectivity index (χ1n) is 11.3. The highest BCUT2D eigenvalue weighted by atomic mass is 32.2. The average Bonchev–Trinajstić information content (AvgIpc) is 3.16. The second-order valence-corrected chi connectivity index (χ2v) is 12.3. The van der Waals surface area contributed by atoms with Gasteiger partial charge in [-0.15, -0.1) is 11.8 Å². The maximum atomic E-state index is 12.9. The number of nitrogens with zero attached hydrogens (tertiary/aromatic N) is 1. The average molecular weight is 496 g/mol. The fraction of sp³-hybridized carbons (Fsp3) is 0.583. The van der Waals surface area contributed by atoms with Gasteiger partial charge in [0.1, 0.15) is 0 Å². The fourth-order valence-electron chi connectivity index (χ4n) is 3.35. The van der Waals surface area contributed by atoms with Gasteiger partial charge in [0.05, 0.1) is 22.1 Å². The van der Waals surface area contributed by atoms with Crippen molar-refractivity contribution in [3.05, 3.63) is 40.8 Å². The highest BCUT2D eigenvalue weighted by Gasteiger charge is 2.30. The van der Waals surface area contributed by atoms with E-state index in [2.05, 4.69) is 17.0 Å². The van der Waals surface area contributed by atoms with Crippen molar-refractivity contribution in [1.82, 2.24) is 4.72 Å². The van der Waals surface area contributed by atoms with Crippen molar-refractivity contribution in [2.45, 2.75) is 79.0 Å². The maximum absolute atomic E-state index is 12.9. The first kappa shape index (κ1) is 27.4. The first-order valence-corrected chi connectivity index (χ1v) is 13.8. The van der Waals surface area contributed by atoms with Crippen molar-refractivity contribution in [3.8, 4) is 0 Å². The molecule has 0 radical (unpaired) electrons. The summed E-state index contributed by atoms with van der Waals surface area (Å²) in [6.45, 7) is 13.1. The number of hydrogen-bond donors (Lipinski definition) is 2. The lowest BCUT2D eigenvalue weighted by Crippen LogP contribution is -2.41. The van der Waals surface area contributed by atoms with Crippen LogP contribution in [-0.4, -0.2) is 43.0 Å². The topological polar surface area (TPSA) is 96.9 Å². The van der Waals surface area contributed by atoms with Crippen LogP contribution in [0.25, 0.3) is 0 Å². The molecule has 1 aliphatic heterocycles. The van der Waals surface area contributed by atoms with Crippen LogP contribution in [0.4, 0.5) is 10.5 Å². The zero-order chi connectivity index (χ0) is 24.8. The molecule has 0 saturated carbocycles. The first-order chi connectivity index (χ1) is 15.3. The standard InChI is InChI=1S/C24H37N3O4S2/c1-8-9-20(33(29,30)27-24(5,6)7)14-17(4)21-15-32-22(26-21)18-10-12-19(13-11-18)25-23(28)31-16(2)3/h9-13,16-17,21,27H,8,14-15H2,1-7H3,(H,25,28)/b20-9+/t17-,21?/m0/s1. The summed E-state index contributed by atoms with van der Waals surface area (Å²) >= 11 is 1.67. The third-order valence-corrected chi connectivity index (χ3v) is 7.82. The van der Waals surface area contributed by atoms with Crippen LogP contribution in [0.3, 0.4) is 0 Å². The number of amides is 1. The molecule has 0 aromatic heterocycles. The molecule has 0 bridgehead atoms. The normalized spacial score (nSPS) is 18.2. The van der Waals surface area contributed by atoms with Gasteiger partial charge in [0, 0.05) is 22.5 Å². The third-order valence-electron chi connectivity index (χ3n) is 4.79. The number of hydrogen-bond acceptors (Lipinski definition) is 6. The number of rotatable bonds is 9. The summed E-state index contributed by atoms with van der Waals surface area (Å²) in [4.78, 5) is 17.1. The molecule has 184 valence electrons. The summed E-state index contributed by atoms with van der Waals surface area (Å²) in [5.41, 5.74) is 1.10. The van der Waals surface area contributed by atoms with Gasteiger partial charge in [0.2, 0.25) is 10.0 Å². The van der Waals surface area contributed by atoms with Crippen molar-refractivity contribution >= 4 is 38.6 Å². The molecule has 2 N–H and O–H groups in total. The summed E-state index contributed by atoms with van der Waals surface area (Å²) in [6.07, 6.45) is 2.24. The highest BCUT2D eigenvalue weighted by molar-refractivity contribution is 8.14. The van der Waals surface area contributed by atoms with Crippen molar-refractivity contribution in [3.63, 3.8) is 0 Å². The van der Waals surface area contributed by atoms with E-state index in [1.165, 1.54) is 0 Å². The molecule has 33 heavy (non-hydrogen) atoms. The highest BCUT2D eigenvalue weighted by Crippen LogP contribution is 2.31. The third kappa shape index (κ3) is 8.79. The van der Waals surface area contributed by atoms with Crippen LogP contribution in [0.15, 0.2) is 40.2 Å². The fourth-order valence-corrected chi connectivity index (χ4v) is 6.40. The largest absolute Gasteiger partial charge is 0.447 e. The monoisotopic (exact) mass is 495 g/mol. The van der Waals surface area contributed by atoms with Crippen molar-refractivity contribution < 1.29 is 17.9 Å². The minimum atomic E-state index is -3.54. The van der Waals surface area contributed by atoms with Gasteiger partial charge in [0.15, 0.2) is 0 Å². The molecule has 1 aliphatic rings. The lowest BCUT2D eigenvalue weighted by atomic mass is 9.99. The van der Waals surface area contributed by atoms with Gasteiger partial charge >= 0.3 is 6.09 Å². The Morgan fingerprint density at radius 1 is 1.24 bits per heavy atom. The summed E-state index contributed by atoms with van der Waals surface area (Å²) in [5, 5.41) is 3.64. The van der Waals surface area contributed by atoms with E-state index in [-0.39, 0.29) is 18.1 Å². The van der Waals surface area contributed by atoms with Gasteiger partial charge in [-0.1, -0.05) is 32.1 Å². The predicted molar refractivity (Wildman–Crippen MR) is 138 cm³/mol. The van der Waals surface area contributed by atoms with E-state index in [0.717, 1.165) is 16.4 Å². The molecular weight excluding hydrogens is 458 g/mol. The minimum Gasteiger partial charge on any atom is -0.447 e. The lowest BCUT2D eigenvalue weighted by molar-refractivity contribution is 0.130. The van der Waals surface area contributed by atoms with Crippen LogP contribution in [0.2, 0.25) is 0 Å². The number of benzene rings is 1. The van der Waals surface area contributed by atoms with E-state index in [1.807, 2.05) is 52.0 Å². The number of aliphatic imine (C=N–C) groups is 1. The van der Waals surface area contributed by atoms with Crippen LogP contribution in [0.5, 0.6) is 0 Å². The Morgan fingerprint density at radius 3 is 2.42 bits per heavy atom. The van der Waals surface area contributed by atoms with Gasteiger partial charge in [0.25, 0.3) is 0 Å². The quantitative estimate of drug-likeness (QED) is 0.469. The number of ether oxygens (including phenoxy) is 1. The molecule has 1 aromatic rings. The van der Waals surface area contributed by atoms with E-state index in [0.29, 0.717) is 23.4 Å². The lowest BCUT2D eigenvalue weighted by Gasteiger charge is -2.24. The molecule has 1 heterocycles. The van der Waals surface area contributed by atoms with E-state index >= 15 is 0 Å². The number of thioether (sulfide) groups is 1. The molecule has 7 nitrogen and oxygen atoms in total. The van der Waals surface area contributed by atoms with Crippen LogP contribution in [0.1, 0.15) is 66.9 Å². The van der Waals surface area contributed by atoms with Crippen LogP contribution in [-0.2, 0) is 14.8 Å². The molecule has 2 atom stereocenters. The maximum Gasteiger partial charge on any atom is 0.411 e. The number of sulfonamides is 1. The Labute approximate surface area is 202 Å². The number of carbonyl (C=O) groups excluding carboxylic acids is 1. The Balaban J connectivity index is 2.07. The second kappa shape index (κ2) is 11.5. The van der Waals surface area contributed by atoms with Crippen molar-refractivity contribution in [2.24, 2.45) is 10.9 Å². The van der Waals surface area contributed by atoms with Gasteiger partial charge < -0.3 is 4.74 Å². The predicted octanol–water partition coefficient (Wildman–Crippen LogP) is 5.54. The molecule has 1 unspecified atom stereocenters. The Hall–Kier alpha value is -1.84. The minimum absolute atomic E-state index is 0.0360. The van der Waals surface area contributed by atoms with Gasteiger partial charge in [-0.2, -0.15) is 0 Å². The number of nitrogens with one attached hydrogen (secondary N) is 2. The van der Waals surface area contributed by atoms with E-state index in [9.17, 15) is 13.2 Å².